The quantitative estimate of drug-likeness (QED) is 0.495. The second kappa shape index (κ2) is 4.35. The zero-order valence-corrected chi connectivity index (χ0v) is 8.41. The van der Waals surface area contributed by atoms with Crippen LogP contribution in [0.3, 0.4) is 0 Å². The van der Waals surface area contributed by atoms with Crippen LogP contribution in [0.4, 0.5) is 0 Å². The molecular formula is C10H14O4. The van der Waals surface area contributed by atoms with E-state index >= 15 is 0 Å². The molecule has 0 saturated heterocycles. The van der Waals surface area contributed by atoms with Gasteiger partial charge in [-0.25, -0.2) is 0 Å². The number of methoxy groups -OCH3 is 1. The summed E-state index contributed by atoms with van der Waals surface area (Å²) < 4.78 is 4.52. The second-order valence-corrected chi connectivity index (χ2v) is 3.58. The van der Waals surface area contributed by atoms with Crippen LogP contribution in [0.15, 0.2) is 0 Å². The number of hydrogen-bond donors (Lipinski definition) is 0. The van der Waals surface area contributed by atoms with Crippen LogP contribution < -0.4 is 0 Å². The Morgan fingerprint density at radius 3 is 2.50 bits per heavy atom. The minimum Gasteiger partial charge on any atom is -0.468 e. The Labute approximate surface area is 82.6 Å². The van der Waals surface area contributed by atoms with E-state index in [4.69, 9.17) is 0 Å². The molecule has 1 aliphatic rings. The zero-order chi connectivity index (χ0) is 10.7. The maximum absolute atomic E-state index is 11.4. The molecule has 0 aliphatic heterocycles. The van der Waals surface area contributed by atoms with Gasteiger partial charge in [-0.2, -0.15) is 0 Å². The molecule has 0 bridgehead atoms. The van der Waals surface area contributed by atoms with Crippen LogP contribution in [-0.4, -0.2) is 24.6 Å². The van der Waals surface area contributed by atoms with Gasteiger partial charge in [-0.3, -0.25) is 14.4 Å². The molecule has 14 heavy (non-hydrogen) atoms. The number of Topliss-reactive ketones (excluding diaryl/α,β-unsaturated/α-hetero) is 2. The molecule has 2 unspecified atom stereocenters. The van der Waals surface area contributed by atoms with E-state index in [2.05, 4.69) is 4.74 Å². The molecular weight excluding hydrogens is 184 g/mol. The lowest BCUT2D eigenvalue weighted by Crippen LogP contribution is -2.33. The van der Waals surface area contributed by atoms with Gasteiger partial charge in [0.05, 0.1) is 7.11 Å². The first-order valence-electron chi connectivity index (χ1n) is 4.69. The van der Waals surface area contributed by atoms with Gasteiger partial charge in [-0.1, -0.05) is 0 Å². The molecule has 0 radical (unpaired) electrons. The molecule has 78 valence electrons. The highest BCUT2D eigenvalue weighted by Gasteiger charge is 2.39. The van der Waals surface area contributed by atoms with E-state index in [9.17, 15) is 14.4 Å². The summed E-state index contributed by atoms with van der Waals surface area (Å²) in [4.78, 5) is 33.9. The Morgan fingerprint density at radius 1 is 1.50 bits per heavy atom. The predicted molar refractivity (Wildman–Crippen MR) is 48.5 cm³/mol. The summed E-state index contributed by atoms with van der Waals surface area (Å²) in [7, 11) is 1.23. The maximum atomic E-state index is 11.4. The maximum Gasteiger partial charge on any atom is 0.316 e. The number of carbonyl (C=O) groups excluding carboxylic acids is 3. The van der Waals surface area contributed by atoms with Crippen molar-refractivity contribution in [2.24, 2.45) is 11.8 Å². The average molecular weight is 198 g/mol. The average Bonchev–Trinajstić information content (AvgIpc) is 2.52. The summed E-state index contributed by atoms with van der Waals surface area (Å²) in [5, 5.41) is 0. The highest BCUT2D eigenvalue weighted by Crippen LogP contribution is 2.29. The summed E-state index contributed by atoms with van der Waals surface area (Å²) >= 11 is 0. The van der Waals surface area contributed by atoms with Gasteiger partial charge in [0.1, 0.15) is 17.5 Å². The minimum absolute atomic E-state index is 0.00981. The van der Waals surface area contributed by atoms with Gasteiger partial charge in [0.25, 0.3) is 0 Å². The standard InChI is InChI=1S/C10H14O4/c1-6(11)9(10(13)14-2)7-4-3-5-8(7)12/h7,9H,3-5H2,1-2H3. The summed E-state index contributed by atoms with van der Waals surface area (Å²) in [6.45, 7) is 1.33. The lowest BCUT2D eigenvalue weighted by molar-refractivity contribution is -0.153. The fourth-order valence-corrected chi connectivity index (χ4v) is 1.94. The van der Waals surface area contributed by atoms with E-state index in [1.54, 1.807) is 0 Å². The number of rotatable bonds is 3. The lowest BCUT2D eigenvalue weighted by Gasteiger charge is -2.16. The van der Waals surface area contributed by atoms with E-state index in [1.807, 2.05) is 0 Å². The highest BCUT2D eigenvalue weighted by atomic mass is 16.5. The van der Waals surface area contributed by atoms with E-state index in [0.29, 0.717) is 12.8 Å². The smallest absolute Gasteiger partial charge is 0.316 e. The predicted octanol–water partition coefficient (Wildman–Crippen LogP) is 0.734. The highest BCUT2D eigenvalue weighted by molar-refractivity contribution is 6.03. The molecule has 0 spiro atoms. The topological polar surface area (TPSA) is 60.4 Å². The summed E-state index contributed by atoms with van der Waals surface area (Å²) in [5.41, 5.74) is 0. The van der Waals surface area contributed by atoms with Crippen molar-refractivity contribution in [3.8, 4) is 0 Å². The van der Waals surface area contributed by atoms with Crippen LogP contribution in [-0.2, 0) is 19.1 Å². The first-order valence-corrected chi connectivity index (χ1v) is 4.69. The van der Waals surface area contributed by atoms with Crippen molar-refractivity contribution in [3.63, 3.8) is 0 Å². The molecule has 0 heterocycles. The van der Waals surface area contributed by atoms with Gasteiger partial charge in [0, 0.05) is 12.3 Å². The third kappa shape index (κ3) is 2.00. The molecule has 0 aromatic heterocycles. The van der Waals surface area contributed by atoms with Gasteiger partial charge >= 0.3 is 5.97 Å². The second-order valence-electron chi connectivity index (χ2n) is 3.58. The summed E-state index contributed by atoms with van der Waals surface area (Å²) in [5.74, 6) is -2.18. The van der Waals surface area contributed by atoms with Gasteiger partial charge < -0.3 is 4.74 Å². The Hall–Kier alpha value is -1.19. The fraction of sp³-hybridized carbons (Fsp3) is 0.700. The van der Waals surface area contributed by atoms with Crippen molar-refractivity contribution in [3.05, 3.63) is 0 Å². The Bertz CT molecular complexity index is 269. The molecule has 0 aromatic carbocycles. The van der Waals surface area contributed by atoms with E-state index in [0.717, 1.165) is 6.42 Å². The number of esters is 1. The molecule has 1 rings (SSSR count). The number of hydrogen-bond acceptors (Lipinski definition) is 4. The van der Waals surface area contributed by atoms with Crippen molar-refractivity contribution in [1.29, 1.82) is 0 Å². The molecule has 0 aromatic rings. The number of ether oxygens (including phenoxy) is 1. The SMILES string of the molecule is COC(=O)C(C(C)=O)C1CCCC1=O. The van der Waals surface area contributed by atoms with E-state index in [-0.39, 0.29) is 11.6 Å². The van der Waals surface area contributed by atoms with Crippen LogP contribution in [0.5, 0.6) is 0 Å². The van der Waals surface area contributed by atoms with Crippen LogP contribution in [0.25, 0.3) is 0 Å². The first kappa shape index (κ1) is 10.9. The fourth-order valence-electron chi connectivity index (χ4n) is 1.94. The largest absolute Gasteiger partial charge is 0.468 e. The molecule has 4 nitrogen and oxygen atoms in total. The molecule has 4 heteroatoms. The minimum atomic E-state index is -0.880. The molecule has 1 fully saturated rings. The third-order valence-corrected chi connectivity index (χ3v) is 2.65. The lowest BCUT2D eigenvalue weighted by atomic mass is 9.87. The molecule has 0 N–H and O–H groups in total. The van der Waals surface area contributed by atoms with Crippen molar-refractivity contribution >= 4 is 17.5 Å². The van der Waals surface area contributed by atoms with Crippen LogP contribution >= 0.6 is 0 Å². The third-order valence-electron chi connectivity index (χ3n) is 2.65. The van der Waals surface area contributed by atoms with Gasteiger partial charge in [0.2, 0.25) is 0 Å². The Morgan fingerprint density at radius 2 is 2.14 bits per heavy atom. The monoisotopic (exact) mass is 198 g/mol. The van der Waals surface area contributed by atoms with Crippen LogP contribution in [0.2, 0.25) is 0 Å². The number of carbonyl (C=O) groups is 3. The van der Waals surface area contributed by atoms with E-state index in [1.165, 1.54) is 14.0 Å². The van der Waals surface area contributed by atoms with Gasteiger partial charge in [0.15, 0.2) is 0 Å². The molecule has 2 atom stereocenters. The summed E-state index contributed by atoms with van der Waals surface area (Å²) in [6, 6.07) is 0. The van der Waals surface area contributed by atoms with E-state index < -0.39 is 17.8 Å². The van der Waals surface area contributed by atoms with Crippen molar-refractivity contribution in [2.45, 2.75) is 26.2 Å². The van der Waals surface area contributed by atoms with Crippen LogP contribution in [0, 0.1) is 11.8 Å². The molecule has 1 saturated carbocycles. The van der Waals surface area contributed by atoms with Gasteiger partial charge in [-0.15, -0.1) is 0 Å². The zero-order valence-electron chi connectivity index (χ0n) is 8.41. The van der Waals surface area contributed by atoms with Crippen molar-refractivity contribution < 1.29 is 19.1 Å². The molecule has 1 aliphatic carbocycles. The van der Waals surface area contributed by atoms with Gasteiger partial charge in [-0.05, 0) is 19.8 Å². The Balaban J connectivity index is 2.82. The van der Waals surface area contributed by atoms with Crippen molar-refractivity contribution in [2.75, 3.05) is 7.11 Å². The first-order chi connectivity index (χ1) is 6.57. The normalized spacial score (nSPS) is 23.3. The summed E-state index contributed by atoms with van der Waals surface area (Å²) in [6.07, 6.45) is 1.87. The number of ketones is 2. The van der Waals surface area contributed by atoms with Crippen LogP contribution in [0.1, 0.15) is 26.2 Å². The van der Waals surface area contributed by atoms with Crippen molar-refractivity contribution in [1.82, 2.24) is 0 Å². The Kier molecular flexibility index (Phi) is 3.38. The molecule has 0 amide bonds.